The summed E-state index contributed by atoms with van der Waals surface area (Å²) >= 11 is 0.467. The van der Waals surface area contributed by atoms with Gasteiger partial charge in [-0.3, -0.25) is 58.9 Å². The van der Waals surface area contributed by atoms with Gasteiger partial charge >= 0.3 is 29.8 Å². The number of carboxylic acid groups (broad SMARTS) is 5. The van der Waals surface area contributed by atoms with Crippen molar-refractivity contribution in [2.24, 2.45) is 5.14 Å². The van der Waals surface area contributed by atoms with E-state index in [4.69, 9.17) is 5.14 Å². The topological polar surface area (TPSA) is 352 Å². The molecule has 1 fully saturated rings. The fraction of sp³-hybridized carbons (Fsp3) is 0.457. The third-order valence-corrected chi connectivity index (χ3v) is 11.6. The lowest BCUT2D eigenvalue weighted by Gasteiger charge is -2.45. The van der Waals surface area contributed by atoms with Crippen LogP contribution in [0.1, 0.15) is 31.2 Å². The van der Waals surface area contributed by atoms with E-state index >= 15 is 0 Å². The summed E-state index contributed by atoms with van der Waals surface area (Å²) in [6, 6.07) is 9.75. The Bertz CT molecular complexity index is 2140. The molecule has 2 aromatic carbocycles. The number of carbonyl (C=O) groups is 7. The van der Waals surface area contributed by atoms with E-state index in [0.717, 1.165) is 15.7 Å². The summed E-state index contributed by atoms with van der Waals surface area (Å²) in [5, 5.41) is 70.0. The summed E-state index contributed by atoms with van der Waals surface area (Å²) in [4.78, 5) is 90.5. The van der Waals surface area contributed by atoms with Crippen molar-refractivity contribution < 1.29 is 67.5 Å². The molecule has 1 saturated carbocycles. The van der Waals surface area contributed by atoms with Crippen LogP contribution >= 0.6 is 11.3 Å². The first-order valence-electron chi connectivity index (χ1n) is 18.3. The van der Waals surface area contributed by atoms with Gasteiger partial charge in [0.2, 0.25) is 21.3 Å². The van der Waals surface area contributed by atoms with Gasteiger partial charge in [-0.1, -0.05) is 66.6 Å². The van der Waals surface area contributed by atoms with Gasteiger partial charge in [-0.25, -0.2) is 13.6 Å². The first kappa shape index (κ1) is 47.0. The maximum atomic E-state index is 13.7. The zero-order valence-electron chi connectivity index (χ0n) is 31.9. The highest BCUT2D eigenvalue weighted by molar-refractivity contribution is 7.91. The average molecular weight is 880 g/mol. The van der Waals surface area contributed by atoms with Crippen molar-refractivity contribution >= 4 is 78.9 Å². The van der Waals surface area contributed by atoms with Crippen LogP contribution in [0.15, 0.2) is 46.8 Å². The summed E-state index contributed by atoms with van der Waals surface area (Å²) < 4.78 is 22.9. The number of sulfonamides is 1. The van der Waals surface area contributed by atoms with Gasteiger partial charge < -0.3 is 30.8 Å². The highest BCUT2D eigenvalue weighted by atomic mass is 32.2. The molecule has 0 spiro atoms. The fourth-order valence-electron chi connectivity index (χ4n) is 7.06. The SMILES string of the molecule is NS(=O)(=O)c1nnc(NC(=O)[C@H](Cc2ccc3ccccc3c2)NC(=O)CNC(CN(CC(=O)O)C2CCCCC2N(CC(=O)O)CC(=O)O)N(CC(=O)O)CC(=O)O)s1. The van der Waals surface area contributed by atoms with Crippen LogP contribution < -0.4 is 21.1 Å². The number of fused-ring (bicyclic) bond motifs is 1. The minimum atomic E-state index is -4.25. The maximum Gasteiger partial charge on any atom is 0.317 e. The first-order valence-corrected chi connectivity index (χ1v) is 20.6. The minimum absolute atomic E-state index is 0.102. The van der Waals surface area contributed by atoms with Gasteiger partial charge in [0, 0.05) is 25.0 Å². The van der Waals surface area contributed by atoms with Crippen LogP contribution in [0, 0.1) is 0 Å². The van der Waals surface area contributed by atoms with Gasteiger partial charge in [-0.2, -0.15) is 0 Å². The highest BCUT2D eigenvalue weighted by Crippen LogP contribution is 2.28. The van der Waals surface area contributed by atoms with Gasteiger partial charge in [-0.15, -0.1) is 10.2 Å². The molecule has 326 valence electrons. The number of carbonyl (C=O) groups excluding carboxylic acids is 2. The number of aliphatic carboxylic acids is 5. The number of aromatic nitrogens is 2. The van der Waals surface area contributed by atoms with Crippen molar-refractivity contribution in [3.8, 4) is 0 Å². The van der Waals surface area contributed by atoms with Crippen LogP contribution in [0.5, 0.6) is 0 Å². The van der Waals surface area contributed by atoms with E-state index in [9.17, 15) is 67.5 Å². The smallest absolute Gasteiger partial charge is 0.317 e. The second-order valence-corrected chi connectivity index (χ2v) is 16.6. The molecule has 4 rings (SSSR count). The predicted octanol–water partition coefficient (Wildman–Crippen LogP) is -1.44. The number of nitrogens with zero attached hydrogens (tertiary/aromatic N) is 5. The molecule has 0 bridgehead atoms. The van der Waals surface area contributed by atoms with Crippen molar-refractivity contribution in [2.45, 2.75) is 60.7 Å². The standard InChI is InChI=1S/C35H45N9O14S2/c36-60(57,58)35-41-40-34(59-35)39-33(56)23(12-20-9-10-21-5-1-2-6-22(21)11-20)38-27(45)13-37-26(44(18-31(52)53)19-32(54)55)14-42(15-28(46)47)24-7-3-4-8-25(24)43(16-29(48)49)17-30(50)51/h1-2,5-6,9-11,23-26,37H,3-4,7-8,12-19H2,(H,38,45)(H,46,47)(H,48,49)(H,50,51)(H,52,53)(H,54,55)(H2,36,57,58)(H,39,40,56)/t23-,24?,25?,26?/m0/s1. The molecule has 3 unspecified atom stereocenters. The van der Waals surface area contributed by atoms with Crippen LogP contribution in [-0.4, -0.2) is 171 Å². The molecule has 25 heteroatoms. The molecule has 3 aromatic rings. The number of benzene rings is 2. The lowest BCUT2D eigenvalue weighted by molar-refractivity contribution is -0.146. The van der Waals surface area contributed by atoms with Crippen molar-refractivity contribution in [1.29, 1.82) is 0 Å². The fourth-order valence-corrected chi connectivity index (χ4v) is 8.40. The van der Waals surface area contributed by atoms with Gasteiger partial charge in [-0.05, 0) is 29.2 Å². The Hall–Kier alpha value is -5.70. The molecule has 1 aromatic heterocycles. The molecule has 0 radical (unpaired) electrons. The third-order valence-electron chi connectivity index (χ3n) is 9.46. The lowest BCUT2D eigenvalue weighted by Crippen LogP contribution is -2.62. The van der Waals surface area contributed by atoms with Crippen molar-refractivity contribution in [2.75, 3.05) is 51.1 Å². The van der Waals surface area contributed by atoms with Crippen molar-refractivity contribution in [3.63, 3.8) is 0 Å². The number of anilines is 1. The molecule has 1 aliphatic carbocycles. The number of amides is 2. The molecule has 1 aliphatic rings. The van der Waals surface area contributed by atoms with Crippen LogP contribution in [0.2, 0.25) is 0 Å². The molecule has 0 aliphatic heterocycles. The zero-order valence-corrected chi connectivity index (χ0v) is 33.5. The van der Waals surface area contributed by atoms with E-state index < -0.39 is 126 Å². The van der Waals surface area contributed by atoms with E-state index in [0.29, 0.717) is 29.7 Å². The highest BCUT2D eigenvalue weighted by Gasteiger charge is 2.38. The van der Waals surface area contributed by atoms with E-state index in [1.165, 1.54) is 9.80 Å². The quantitative estimate of drug-likeness (QED) is 0.0367. The number of hydrogen-bond donors (Lipinski definition) is 9. The van der Waals surface area contributed by atoms with Crippen LogP contribution in [0.25, 0.3) is 10.8 Å². The molecular weight excluding hydrogens is 835 g/mol. The first-order chi connectivity index (χ1) is 28.3. The molecule has 2 amide bonds. The van der Waals surface area contributed by atoms with Crippen LogP contribution in [0.3, 0.4) is 0 Å². The minimum Gasteiger partial charge on any atom is -0.480 e. The van der Waals surface area contributed by atoms with Gasteiger partial charge in [0.1, 0.15) is 6.04 Å². The predicted molar refractivity (Wildman–Crippen MR) is 210 cm³/mol. The molecule has 23 nitrogen and oxygen atoms in total. The number of rotatable bonds is 24. The van der Waals surface area contributed by atoms with E-state index in [1.54, 1.807) is 18.2 Å². The summed E-state index contributed by atoms with van der Waals surface area (Å²) in [5.74, 6) is -8.62. The summed E-state index contributed by atoms with van der Waals surface area (Å²) in [5.41, 5.74) is 0.600. The largest absolute Gasteiger partial charge is 0.480 e. The summed E-state index contributed by atoms with van der Waals surface area (Å²) in [7, 11) is -4.25. The average Bonchev–Trinajstić information content (AvgIpc) is 3.64. The van der Waals surface area contributed by atoms with E-state index in [2.05, 4.69) is 26.1 Å². The Labute approximate surface area is 346 Å². The Morgan fingerprint density at radius 1 is 0.767 bits per heavy atom. The molecule has 4 atom stereocenters. The molecule has 0 saturated heterocycles. The number of hydrogen-bond acceptors (Lipinski definition) is 16. The van der Waals surface area contributed by atoms with Gasteiger partial charge in [0.15, 0.2) is 0 Å². The van der Waals surface area contributed by atoms with Crippen LogP contribution in [0.4, 0.5) is 5.13 Å². The van der Waals surface area contributed by atoms with Crippen LogP contribution in [-0.2, 0) is 50.0 Å². The molecular formula is C35H45N9O14S2. The number of primary sulfonamides is 1. The normalized spacial score (nSPS) is 16.7. The summed E-state index contributed by atoms with van der Waals surface area (Å²) in [6.07, 6.45) is 0.192. The van der Waals surface area contributed by atoms with E-state index in [-0.39, 0.29) is 24.4 Å². The third kappa shape index (κ3) is 14.5. The van der Waals surface area contributed by atoms with Gasteiger partial charge in [0.05, 0.1) is 45.4 Å². The number of nitrogens with one attached hydrogen (secondary N) is 3. The Balaban J connectivity index is 1.64. The lowest BCUT2D eigenvalue weighted by atomic mass is 9.87. The molecule has 1 heterocycles. The second-order valence-electron chi connectivity index (χ2n) is 13.9. The van der Waals surface area contributed by atoms with E-state index in [1.807, 2.05) is 24.3 Å². The zero-order chi connectivity index (χ0) is 44.1. The summed E-state index contributed by atoms with van der Waals surface area (Å²) in [6.45, 7) is -4.96. The monoisotopic (exact) mass is 879 g/mol. The molecule has 10 N–H and O–H groups in total. The Morgan fingerprint density at radius 3 is 1.87 bits per heavy atom. The Morgan fingerprint density at radius 2 is 1.32 bits per heavy atom. The maximum absolute atomic E-state index is 13.7. The van der Waals surface area contributed by atoms with Crippen molar-refractivity contribution in [1.82, 2.24) is 35.5 Å². The second kappa shape index (κ2) is 21.5. The molecule has 60 heavy (non-hydrogen) atoms. The number of carboxylic acids is 5. The van der Waals surface area contributed by atoms with Crippen molar-refractivity contribution in [3.05, 3.63) is 48.0 Å². The Kier molecular flexibility index (Phi) is 16.9. The van der Waals surface area contributed by atoms with Gasteiger partial charge in [0.25, 0.3) is 10.0 Å². The number of nitrogens with two attached hydrogens (primary N) is 1.